The lowest BCUT2D eigenvalue weighted by molar-refractivity contribution is 0.162. The number of nitrogen functional groups attached to an aromatic ring is 2. The van der Waals surface area contributed by atoms with Crippen molar-refractivity contribution < 1.29 is 9.47 Å². The Bertz CT molecular complexity index is 622. The second-order valence-electron chi connectivity index (χ2n) is 4.72. The molecule has 28 heavy (non-hydrogen) atoms. The molecule has 0 aliphatic carbocycles. The summed E-state index contributed by atoms with van der Waals surface area (Å²) in [6.07, 6.45) is 0. The minimum Gasteiger partial charge on any atom is -0.385 e. The highest BCUT2D eigenvalue weighted by Gasteiger charge is 1.92. The van der Waals surface area contributed by atoms with Crippen molar-refractivity contribution >= 4 is 69.6 Å². The molecule has 160 valence electrons. The molecule has 5 N–H and O–H groups in total. The van der Waals surface area contributed by atoms with Crippen LogP contribution in [0.2, 0.25) is 10.3 Å². The fraction of sp³-hybridized carbons (Fsp3) is 0.444. The molecule has 0 aliphatic rings. The van der Waals surface area contributed by atoms with Crippen LogP contribution < -0.4 is 11.5 Å². The number of nitrogens with two attached hydrogens (primary N) is 2. The van der Waals surface area contributed by atoms with E-state index >= 15 is 0 Å². The topological polar surface area (TPSA) is 99.2 Å². The Morgan fingerprint density at radius 3 is 1.75 bits per heavy atom. The van der Waals surface area contributed by atoms with Gasteiger partial charge < -0.3 is 25.9 Å². The third-order valence-corrected chi connectivity index (χ3v) is 3.68. The maximum Gasteiger partial charge on any atom is 0.132 e. The number of pyridine rings is 2. The van der Waals surface area contributed by atoms with Gasteiger partial charge in [-0.1, -0.05) is 35.4 Å². The summed E-state index contributed by atoms with van der Waals surface area (Å²) in [7, 11) is 0. The van der Waals surface area contributed by atoms with E-state index < -0.39 is 0 Å². The van der Waals surface area contributed by atoms with Crippen LogP contribution in [0, 0.1) is 8.08 Å². The van der Waals surface area contributed by atoms with Gasteiger partial charge in [0.25, 0.3) is 0 Å². The molecule has 0 amide bonds. The minimum atomic E-state index is 0.444. The van der Waals surface area contributed by atoms with E-state index in [2.05, 4.69) is 32.6 Å². The zero-order valence-corrected chi connectivity index (χ0v) is 21.1. The number of aromatic nitrogens is 2. The maximum absolute atomic E-state index is 5.55. The molecule has 2 aromatic rings. The Balaban J connectivity index is 0. The molecular weight excluding hydrogens is 534 g/mol. The highest BCUT2D eigenvalue weighted by atomic mass is 127. The van der Waals surface area contributed by atoms with Gasteiger partial charge in [0.1, 0.15) is 21.9 Å². The molecule has 0 fully saturated rings. The number of rotatable bonds is 4. The summed E-state index contributed by atoms with van der Waals surface area (Å²) in [5.41, 5.74) is 10.7. The van der Waals surface area contributed by atoms with E-state index in [1.165, 1.54) is 0 Å². The summed E-state index contributed by atoms with van der Waals surface area (Å²) >= 11 is 18.0. The second-order valence-corrected chi connectivity index (χ2v) is 7.23. The summed E-state index contributed by atoms with van der Waals surface area (Å²) in [5.74, 6) is 0.958. The standard InChI is InChI=1S/C5H4ClIN2.C5H5ClN2S.2C4H10O/c6-4-1-3(7)2-5(8)9-4;6-4-1-3(9)2-5(7)8-4;2*1-3-5-4-2/h1-2H,(H2,8,9);1-2H,(H3,7,8,9);2*3-4H2,1-2H3. The molecule has 2 aromatic heterocycles. The molecule has 6 nitrogen and oxygen atoms in total. The molecule has 0 saturated heterocycles. The molecule has 0 radical (unpaired) electrons. The molecule has 0 aromatic carbocycles. The second kappa shape index (κ2) is 19.7. The quantitative estimate of drug-likeness (QED) is 0.240. The molecule has 0 saturated carbocycles. The zero-order valence-electron chi connectivity index (χ0n) is 16.6. The van der Waals surface area contributed by atoms with Gasteiger partial charge in [0.2, 0.25) is 0 Å². The van der Waals surface area contributed by atoms with E-state index in [4.69, 9.17) is 56.4 Å². The Morgan fingerprint density at radius 1 is 0.964 bits per heavy atom. The number of aromatic amines is 1. The predicted molar refractivity (Wildman–Crippen MR) is 132 cm³/mol. The highest BCUT2D eigenvalue weighted by molar-refractivity contribution is 14.1. The lowest BCUT2D eigenvalue weighted by Gasteiger charge is -1.93. The summed E-state index contributed by atoms with van der Waals surface area (Å²) in [6.45, 7) is 11.3. The Kier molecular flexibility index (Phi) is 20.7. The number of hydrogen-bond acceptors (Lipinski definition) is 6. The van der Waals surface area contributed by atoms with Crippen LogP contribution >= 0.6 is 58.0 Å². The van der Waals surface area contributed by atoms with E-state index in [9.17, 15) is 0 Å². The number of nitrogens with one attached hydrogen (secondary N) is 1. The van der Waals surface area contributed by atoms with Crippen molar-refractivity contribution in [3.05, 3.63) is 42.7 Å². The van der Waals surface area contributed by atoms with Crippen LogP contribution in [0.5, 0.6) is 0 Å². The third-order valence-electron chi connectivity index (χ3n) is 2.43. The van der Waals surface area contributed by atoms with Crippen LogP contribution in [0.15, 0.2) is 24.3 Å². The van der Waals surface area contributed by atoms with Crippen LogP contribution in [0.1, 0.15) is 27.7 Å². The Hall–Kier alpha value is -0.650. The molecule has 2 heterocycles. The van der Waals surface area contributed by atoms with Gasteiger partial charge in [0, 0.05) is 34.5 Å². The highest BCUT2D eigenvalue weighted by Crippen LogP contribution is 2.13. The van der Waals surface area contributed by atoms with Crippen molar-refractivity contribution in [3.63, 3.8) is 0 Å². The predicted octanol–water partition coefficient (Wildman–Crippen LogP) is 5.99. The first-order chi connectivity index (χ1) is 13.2. The van der Waals surface area contributed by atoms with E-state index in [0.29, 0.717) is 26.5 Å². The fourth-order valence-corrected chi connectivity index (χ4v) is 2.97. The molecule has 0 aliphatic heterocycles. The summed E-state index contributed by atoms with van der Waals surface area (Å²) < 4.78 is 11.3. The monoisotopic (exact) mass is 562 g/mol. The van der Waals surface area contributed by atoms with Crippen molar-refractivity contribution in [2.45, 2.75) is 27.7 Å². The van der Waals surface area contributed by atoms with Gasteiger partial charge in [0.15, 0.2) is 0 Å². The van der Waals surface area contributed by atoms with Gasteiger partial charge in [-0.25, -0.2) is 4.98 Å². The molecular formula is C18H29Cl2IN4O2S. The van der Waals surface area contributed by atoms with E-state index in [1.807, 2.05) is 27.7 Å². The number of hydrogen-bond donors (Lipinski definition) is 3. The van der Waals surface area contributed by atoms with Crippen molar-refractivity contribution in [3.8, 4) is 0 Å². The van der Waals surface area contributed by atoms with Gasteiger partial charge >= 0.3 is 0 Å². The van der Waals surface area contributed by atoms with Crippen LogP contribution in [-0.2, 0) is 9.47 Å². The SMILES string of the molecule is CCOCC.CCOCC.Nc1cc(=S)cc(Cl)[nH]1.Nc1cc(I)cc(Cl)n1. The van der Waals surface area contributed by atoms with Gasteiger partial charge in [0.05, 0.1) is 0 Å². The van der Waals surface area contributed by atoms with E-state index in [1.54, 1.807) is 24.3 Å². The average molecular weight is 563 g/mol. The molecule has 10 heteroatoms. The zero-order chi connectivity index (χ0) is 21.9. The number of ether oxygens (including phenoxy) is 2. The fourth-order valence-electron chi connectivity index (χ4n) is 1.42. The Labute approximate surface area is 196 Å². The van der Waals surface area contributed by atoms with Crippen LogP contribution in [0.3, 0.4) is 0 Å². The molecule has 0 unspecified atom stereocenters. The number of H-pyrrole nitrogens is 1. The van der Waals surface area contributed by atoms with Gasteiger partial charge in [-0.05, 0) is 74.6 Å². The third kappa shape index (κ3) is 20.1. The summed E-state index contributed by atoms with van der Waals surface area (Å²) in [6, 6.07) is 6.78. The largest absolute Gasteiger partial charge is 0.385 e. The minimum absolute atomic E-state index is 0.444. The molecule has 2 rings (SSSR count). The van der Waals surface area contributed by atoms with E-state index in [-0.39, 0.29) is 0 Å². The molecule has 0 atom stereocenters. The first kappa shape index (κ1) is 29.6. The number of halogens is 3. The number of anilines is 2. The summed E-state index contributed by atoms with van der Waals surface area (Å²) in [4.78, 5) is 6.46. The lowest BCUT2D eigenvalue weighted by atomic mass is 10.5. The normalized spacial score (nSPS) is 9.11. The number of nitrogens with zero attached hydrogens (tertiary/aromatic N) is 1. The van der Waals surface area contributed by atoms with Gasteiger partial charge in [-0.2, -0.15) is 0 Å². The first-order valence-electron chi connectivity index (χ1n) is 8.59. The lowest BCUT2D eigenvalue weighted by Crippen LogP contribution is -1.89. The Morgan fingerprint density at radius 2 is 1.46 bits per heavy atom. The first-order valence-corrected chi connectivity index (χ1v) is 10.8. The van der Waals surface area contributed by atoms with Crippen LogP contribution in [0.25, 0.3) is 0 Å². The van der Waals surface area contributed by atoms with Crippen molar-refractivity contribution in [2.75, 3.05) is 37.9 Å². The van der Waals surface area contributed by atoms with Crippen molar-refractivity contribution in [1.29, 1.82) is 0 Å². The molecule has 0 bridgehead atoms. The van der Waals surface area contributed by atoms with Crippen LogP contribution in [0.4, 0.5) is 11.6 Å². The smallest absolute Gasteiger partial charge is 0.132 e. The molecule has 0 spiro atoms. The van der Waals surface area contributed by atoms with Crippen molar-refractivity contribution in [1.82, 2.24) is 9.97 Å². The van der Waals surface area contributed by atoms with Gasteiger partial charge in [-0.3, -0.25) is 0 Å². The van der Waals surface area contributed by atoms with Gasteiger partial charge in [-0.15, -0.1) is 0 Å². The van der Waals surface area contributed by atoms with Crippen molar-refractivity contribution in [2.24, 2.45) is 0 Å². The maximum atomic E-state index is 5.55. The average Bonchev–Trinajstić information content (AvgIpc) is 2.55. The van der Waals surface area contributed by atoms with Crippen LogP contribution in [-0.4, -0.2) is 36.4 Å². The van der Waals surface area contributed by atoms with E-state index in [0.717, 1.165) is 30.0 Å². The summed E-state index contributed by atoms with van der Waals surface area (Å²) in [5, 5.41) is 0.916.